The number of amides is 1. The van der Waals surface area contributed by atoms with Gasteiger partial charge in [0.05, 0.1) is 28.8 Å². The Bertz CT molecular complexity index is 929. The molecule has 6 heteroatoms. The minimum atomic E-state index is -0.439. The Balaban J connectivity index is 1.52. The second kappa shape index (κ2) is 6.53. The minimum Gasteiger partial charge on any atom is -0.325 e. The first kappa shape index (κ1) is 16.7. The maximum Gasteiger partial charge on any atom is 0.229 e. The van der Waals surface area contributed by atoms with Crippen LogP contribution in [-0.2, 0) is 4.79 Å². The van der Waals surface area contributed by atoms with Crippen LogP contribution in [0.25, 0.3) is 16.9 Å². The summed E-state index contributed by atoms with van der Waals surface area (Å²) in [4.78, 5) is 21.5. The lowest BCUT2D eigenvalue weighted by molar-refractivity contribution is -0.122. The lowest BCUT2D eigenvalue weighted by Gasteiger charge is -2.37. The molecule has 26 heavy (non-hydrogen) atoms. The number of hydrogen-bond donors (Lipinski definition) is 2. The Morgan fingerprint density at radius 2 is 2.08 bits per heavy atom. The van der Waals surface area contributed by atoms with E-state index in [2.05, 4.69) is 15.3 Å². The number of benzene rings is 1. The SMILES string of the molecule is CC1(N)CCCCC1C(=O)Nc1ccc(-n2cnc3ccccc32)nc1. The molecule has 1 amide bonds. The number of nitrogens with two attached hydrogens (primary N) is 1. The molecule has 2 atom stereocenters. The Hall–Kier alpha value is -2.73. The average Bonchev–Trinajstić information content (AvgIpc) is 3.06. The molecule has 6 nitrogen and oxygen atoms in total. The van der Waals surface area contributed by atoms with Crippen LogP contribution in [0.4, 0.5) is 5.69 Å². The lowest BCUT2D eigenvalue weighted by atomic mass is 9.74. The van der Waals surface area contributed by atoms with Gasteiger partial charge in [0.2, 0.25) is 5.91 Å². The number of pyridine rings is 1. The molecular weight excluding hydrogens is 326 g/mol. The van der Waals surface area contributed by atoms with Crippen molar-refractivity contribution in [1.29, 1.82) is 0 Å². The molecule has 3 aromatic rings. The summed E-state index contributed by atoms with van der Waals surface area (Å²) in [6, 6.07) is 11.7. The van der Waals surface area contributed by atoms with E-state index in [0.29, 0.717) is 5.69 Å². The smallest absolute Gasteiger partial charge is 0.229 e. The summed E-state index contributed by atoms with van der Waals surface area (Å²) >= 11 is 0. The number of hydrogen-bond acceptors (Lipinski definition) is 4. The molecule has 3 N–H and O–H groups in total. The maximum atomic E-state index is 12.6. The molecule has 1 aromatic carbocycles. The van der Waals surface area contributed by atoms with E-state index in [0.717, 1.165) is 42.5 Å². The molecule has 0 spiro atoms. The summed E-state index contributed by atoms with van der Waals surface area (Å²) in [5.74, 6) is 0.587. The van der Waals surface area contributed by atoms with Crippen LogP contribution >= 0.6 is 0 Å². The van der Waals surface area contributed by atoms with Crippen molar-refractivity contribution in [2.45, 2.75) is 38.1 Å². The number of aromatic nitrogens is 3. The summed E-state index contributed by atoms with van der Waals surface area (Å²) in [7, 11) is 0. The minimum absolute atomic E-state index is 0.0164. The Morgan fingerprint density at radius 3 is 2.85 bits per heavy atom. The van der Waals surface area contributed by atoms with Gasteiger partial charge in [0.1, 0.15) is 12.1 Å². The number of nitrogens with zero attached hydrogens (tertiary/aromatic N) is 3. The van der Waals surface area contributed by atoms with Crippen LogP contribution in [0.3, 0.4) is 0 Å². The fourth-order valence-electron chi connectivity index (χ4n) is 3.76. The van der Waals surface area contributed by atoms with E-state index in [1.807, 2.05) is 47.9 Å². The largest absolute Gasteiger partial charge is 0.325 e. The van der Waals surface area contributed by atoms with Crippen LogP contribution in [0.15, 0.2) is 48.9 Å². The van der Waals surface area contributed by atoms with Gasteiger partial charge in [0.25, 0.3) is 0 Å². The Morgan fingerprint density at radius 1 is 1.23 bits per heavy atom. The first-order chi connectivity index (χ1) is 12.5. The van der Waals surface area contributed by atoms with Gasteiger partial charge in [0, 0.05) is 5.54 Å². The number of rotatable bonds is 3. The molecule has 134 valence electrons. The van der Waals surface area contributed by atoms with Crippen LogP contribution in [-0.4, -0.2) is 26.0 Å². The van der Waals surface area contributed by atoms with E-state index < -0.39 is 5.54 Å². The Kier molecular flexibility index (Phi) is 4.20. The first-order valence-corrected chi connectivity index (χ1v) is 9.03. The molecule has 4 rings (SSSR count). The fourth-order valence-corrected chi connectivity index (χ4v) is 3.76. The molecule has 1 saturated carbocycles. The van der Waals surface area contributed by atoms with Gasteiger partial charge in [0.15, 0.2) is 0 Å². The van der Waals surface area contributed by atoms with Gasteiger partial charge in [-0.2, -0.15) is 0 Å². The average molecular weight is 349 g/mol. The quantitative estimate of drug-likeness (QED) is 0.760. The fraction of sp³-hybridized carbons (Fsp3) is 0.350. The predicted octanol–water partition coefficient (Wildman–Crippen LogP) is 3.27. The molecule has 2 unspecified atom stereocenters. The molecule has 2 aromatic heterocycles. The van der Waals surface area contributed by atoms with Crippen molar-refractivity contribution in [3.05, 3.63) is 48.9 Å². The van der Waals surface area contributed by atoms with E-state index in [1.54, 1.807) is 12.5 Å². The van der Waals surface area contributed by atoms with Gasteiger partial charge in [-0.1, -0.05) is 25.0 Å². The molecule has 1 aliphatic carbocycles. The standard InChI is InChI=1S/C20H23N5O/c1-20(21)11-5-4-6-15(20)19(26)24-14-9-10-18(22-12-14)25-13-23-16-7-2-3-8-17(16)25/h2-3,7-10,12-13,15H,4-6,11,21H2,1H3,(H,24,26). The Labute approximate surface area is 152 Å². The molecular formula is C20H23N5O. The molecule has 2 heterocycles. The van der Waals surface area contributed by atoms with Crippen LogP contribution < -0.4 is 11.1 Å². The van der Waals surface area contributed by atoms with Crippen LogP contribution in [0.1, 0.15) is 32.6 Å². The highest BCUT2D eigenvalue weighted by atomic mass is 16.2. The van der Waals surface area contributed by atoms with Crippen LogP contribution in [0, 0.1) is 5.92 Å². The topological polar surface area (TPSA) is 85.8 Å². The molecule has 0 radical (unpaired) electrons. The van der Waals surface area contributed by atoms with Gasteiger partial charge in [-0.05, 0) is 44.0 Å². The van der Waals surface area contributed by atoms with E-state index in [4.69, 9.17) is 5.73 Å². The van der Waals surface area contributed by atoms with Crippen molar-refractivity contribution in [3.8, 4) is 5.82 Å². The van der Waals surface area contributed by atoms with Crippen molar-refractivity contribution < 1.29 is 4.79 Å². The summed E-state index contributed by atoms with van der Waals surface area (Å²) < 4.78 is 1.93. The molecule has 0 aliphatic heterocycles. The number of imidazole rings is 1. The predicted molar refractivity (Wildman–Crippen MR) is 102 cm³/mol. The molecule has 0 saturated heterocycles. The number of para-hydroxylation sites is 2. The van der Waals surface area contributed by atoms with Gasteiger partial charge in [-0.15, -0.1) is 0 Å². The number of anilines is 1. The number of carbonyl (C=O) groups excluding carboxylic acids is 1. The summed E-state index contributed by atoms with van der Waals surface area (Å²) in [6.07, 6.45) is 7.30. The molecule has 1 aliphatic rings. The van der Waals surface area contributed by atoms with Gasteiger partial charge < -0.3 is 11.1 Å². The normalized spacial score (nSPS) is 23.1. The van der Waals surface area contributed by atoms with Gasteiger partial charge >= 0.3 is 0 Å². The van der Waals surface area contributed by atoms with Crippen molar-refractivity contribution in [2.75, 3.05) is 5.32 Å². The van der Waals surface area contributed by atoms with E-state index in [-0.39, 0.29) is 11.8 Å². The van der Waals surface area contributed by atoms with Crippen LogP contribution in [0.5, 0.6) is 0 Å². The highest BCUT2D eigenvalue weighted by Gasteiger charge is 2.37. The second-order valence-electron chi connectivity index (χ2n) is 7.30. The van der Waals surface area contributed by atoms with E-state index in [9.17, 15) is 4.79 Å². The summed E-state index contributed by atoms with van der Waals surface area (Å²) in [5, 5.41) is 2.97. The monoisotopic (exact) mass is 349 g/mol. The van der Waals surface area contributed by atoms with Crippen molar-refractivity contribution in [1.82, 2.24) is 14.5 Å². The molecule has 1 fully saturated rings. The van der Waals surface area contributed by atoms with E-state index >= 15 is 0 Å². The van der Waals surface area contributed by atoms with Crippen molar-refractivity contribution in [3.63, 3.8) is 0 Å². The number of carbonyl (C=O) groups is 1. The third kappa shape index (κ3) is 3.08. The third-order valence-corrected chi connectivity index (χ3v) is 5.29. The number of nitrogens with one attached hydrogen (secondary N) is 1. The summed E-state index contributed by atoms with van der Waals surface area (Å²) in [6.45, 7) is 1.97. The highest BCUT2D eigenvalue weighted by molar-refractivity contribution is 5.93. The van der Waals surface area contributed by atoms with Crippen molar-refractivity contribution >= 4 is 22.6 Å². The van der Waals surface area contributed by atoms with Gasteiger partial charge in [-0.25, -0.2) is 9.97 Å². The highest BCUT2D eigenvalue weighted by Crippen LogP contribution is 2.32. The first-order valence-electron chi connectivity index (χ1n) is 9.03. The lowest BCUT2D eigenvalue weighted by Crippen LogP contribution is -2.51. The third-order valence-electron chi connectivity index (χ3n) is 5.29. The molecule has 0 bridgehead atoms. The summed E-state index contributed by atoms with van der Waals surface area (Å²) in [5.41, 5.74) is 8.50. The zero-order valence-electron chi connectivity index (χ0n) is 14.9. The number of fused-ring (bicyclic) bond motifs is 1. The second-order valence-corrected chi connectivity index (χ2v) is 7.30. The zero-order chi connectivity index (χ0) is 18.1. The van der Waals surface area contributed by atoms with Crippen LogP contribution in [0.2, 0.25) is 0 Å². The maximum absolute atomic E-state index is 12.6. The zero-order valence-corrected chi connectivity index (χ0v) is 14.9. The van der Waals surface area contributed by atoms with E-state index in [1.165, 1.54) is 0 Å². The van der Waals surface area contributed by atoms with Crippen molar-refractivity contribution in [2.24, 2.45) is 11.7 Å². The van der Waals surface area contributed by atoms with Gasteiger partial charge in [-0.3, -0.25) is 9.36 Å².